The second kappa shape index (κ2) is 7.56. The number of anilines is 1. The summed E-state index contributed by atoms with van der Waals surface area (Å²) in [6.45, 7) is 1.93. The number of hydrogen-bond donors (Lipinski definition) is 1. The van der Waals surface area contributed by atoms with Gasteiger partial charge in [-0.05, 0) is 56.4 Å². The second-order valence-corrected chi connectivity index (χ2v) is 7.93. The maximum Gasteiger partial charge on any atom is 0.433 e. The van der Waals surface area contributed by atoms with E-state index in [-0.39, 0.29) is 11.5 Å². The van der Waals surface area contributed by atoms with Gasteiger partial charge in [-0.25, -0.2) is 15.0 Å². The summed E-state index contributed by atoms with van der Waals surface area (Å²) in [6.07, 6.45) is -0.369. The lowest BCUT2D eigenvalue weighted by Gasteiger charge is -2.13. The molecule has 1 atom stereocenters. The first-order valence-corrected chi connectivity index (χ1v) is 10.1. The number of rotatable bonds is 3. The Morgan fingerprint density at radius 1 is 1.06 bits per heavy atom. The van der Waals surface area contributed by atoms with E-state index < -0.39 is 11.9 Å². The topological polar surface area (TPSA) is 85.8 Å². The normalized spacial score (nSPS) is 17.3. The van der Waals surface area contributed by atoms with Crippen LogP contribution in [0.4, 0.5) is 19.0 Å². The van der Waals surface area contributed by atoms with Gasteiger partial charge in [0.05, 0.1) is 17.4 Å². The number of imidazole rings is 1. The van der Waals surface area contributed by atoms with E-state index in [0.717, 1.165) is 31.3 Å². The van der Waals surface area contributed by atoms with Crippen LogP contribution in [0.1, 0.15) is 23.7 Å². The number of nitrogens with two attached hydrogens (primary N) is 1. The van der Waals surface area contributed by atoms with Gasteiger partial charge < -0.3 is 10.6 Å². The first-order chi connectivity index (χ1) is 15.3. The Hall–Kier alpha value is -3.53. The van der Waals surface area contributed by atoms with Crippen LogP contribution in [0, 0.1) is 0 Å². The number of pyridine rings is 3. The molecule has 0 aromatic carbocycles. The molecule has 1 fully saturated rings. The van der Waals surface area contributed by atoms with E-state index in [2.05, 4.69) is 31.9 Å². The third kappa shape index (κ3) is 3.56. The summed E-state index contributed by atoms with van der Waals surface area (Å²) < 4.78 is 41.6. The summed E-state index contributed by atoms with van der Waals surface area (Å²) >= 11 is 0. The van der Waals surface area contributed by atoms with Crippen molar-refractivity contribution in [1.82, 2.24) is 29.4 Å². The molecule has 1 aliphatic rings. The predicted molar refractivity (Wildman–Crippen MR) is 114 cm³/mol. The number of nitrogens with zero attached hydrogens (tertiary/aromatic N) is 6. The van der Waals surface area contributed by atoms with Crippen molar-refractivity contribution < 1.29 is 13.2 Å². The Bertz CT molecular complexity index is 1280. The molecule has 0 spiro atoms. The molecule has 10 heteroatoms. The fourth-order valence-electron chi connectivity index (χ4n) is 4.09. The molecule has 0 amide bonds. The predicted octanol–water partition coefficient (Wildman–Crippen LogP) is 3.90. The summed E-state index contributed by atoms with van der Waals surface area (Å²) in [7, 11) is 2.07. The molecule has 0 radical (unpaired) electrons. The highest BCUT2D eigenvalue weighted by atomic mass is 19.4. The third-order valence-electron chi connectivity index (χ3n) is 5.71. The smallest absolute Gasteiger partial charge is 0.383 e. The van der Waals surface area contributed by atoms with Gasteiger partial charge in [0.15, 0.2) is 11.5 Å². The minimum atomic E-state index is -4.58. The second-order valence-electron chi connectivity index (χ2n) is 7.93. The number of nitrogen functional groups attached to an aromatic ring is 1. The van der Waals surface area contributed by atoms with Crippen molar-refractivity contribution in [3.8, 4) is 17.1 Å². The minimum Gasteiger partial charge on any atom is -0.383 e. The van der Waals surface area contributed by atoms with E-state index in [1.807, 2.05) is 12.1 Å². The quantitative estimate of drug-likeness (QED) is 0.521. The monoisotopic (exact) mass is 439 g/mol. The zero-order valence-corrected chi connectivity index (χ0v) is 17.2. The Kier molecular flexibility index (Phi) is 4.81. The molecule has 164 valence electrons. The zero-order chi connectivity index (χ0) is 22.5. The van der Waals surface area contributed by atoms with Gasteiger partial charge in [0.2, 0.25) is 0 Å². The van der Waals surface area contributed by atoms with Crippen LogP contribution >= 0.6 is 0 Å². The molecule has 7 nitrogen and oxygen atoms in total. The average molecular weight is 439 g/mol. The first kappa shape index (κ1) is 20.4. The summed E-state index contributed by atoms with van der Waals surface area (Å²) in [6, 6.07) is 9.40. The van der Waals surface area contributed by atoms with Crippen LogP contribution in [0.15, 0.2) is 48.8 Å². The standard InChI is InChI=1S/C22H20F3N7/c1-31-10-8-13(12-31)16-5-4-14(11-28-16)32-20(15-3-2-9-27-19(15)26)29-17-6-7-18(22(23,24)25)30-21(17)32/h2-7,9,11,13H,8,10,12H2,1H3,(H2,26,27)/t13-/m1/s1. The maximum atomic E-state index is 13.4. The summed E-state index contributed by atoms with van der Waals surface area (Å²) in [4.78, 5) is 19.4. The van der Waals surface area contributed by atoms with E-state index in [1.165, 1.54) is 6.07 Å². The van der Waals surface area contributed by atoms with Crippen molar-refractivity contribution in [2.45, 2.75) is 18.5 Å². The highest BCUT2D eigenvalue weighted by molar-refractivity contribution is 5.82. The molecule has 2 N–H and O–H groups in total. The van der Waals surface area contributed by atoms with Crippen molar-refractivity contribution in [1.29, 1.82) is 0 Å². The lowest BCUT2D eigenvalue weighted by Crippen LogP contribution is -2.13. The summed E-state index contributed by atoms with van der Waals surface area (Å²) in [5.41, 5.74) is 7.46. The summed E-state index contributed by atoms with van der Waals surface area (Å²) in [5.74, 6) is 0.906. The number of alkyl halides is 3. The Labute approximate surface area is 181 Å². The zero-order valence-electron chi connectivity index (χ0n) is 17.2. The largest absolute Gasteiger partial charge is 0.433 e. The maximum absolute atomic E-state index is 13.4. The van der Waals surface area contributed by atoms with Gasteiger partial charge in [-0.2, -0.15) is 13.2 Å². The average Bonchev–Trinajstić information content (AvgIpc) is 3.36. The molecule has 32 heavy (non-hydrogen) atoms. The van der Waals surface area contributed by atoms with E-state index in [9.17, 15) is 13.2 Å². The van der Waals surface area contributed by atoms with Gasteiger partial charge in [0.1, 0.15) is 17.0 Å². The van der Waals surface area contributed by atoms with E-state index in [4.69, 9.17) is 5.73 Å². The number of likely N-dealkylation sites (N-methyl/N-ethyl adjacent to an activating group) is 1. The Morgan fingerprint density at radius 3 is 2.56 bits per heavy atom. The number of fused-ring (bicyclic) bond motifs is 1. The van der Waals surface area contributed by atoms with Crippen LogP contribution in [-0.2, 0) is 6.18 Å². The van der Waals surface area contributed by atoms with Gasteiger partial charge in [0, 0.05) is 24.4 Å². The van der Waals surface area contributed by atoms with Crippen LogP contribution in [0.25, 0.3) is 28.2 Å². The molecule has 0 bridgehead atoms. The molecule has 0 aliphatic carbocycles. The molecular weight excluding hydrogens is 419 g/mol. The number of hydrogen-bond acceptors (Lipinski definition) is 6. The molecule has 4 aromatic heterocycles. The van der Waals surface area contributed by atoms with Crippen molar-refractivity contribution in [3.05, 3.63) is 60.2 Å². The third-order valence-corrected chi connectivity index (χ3v) is 5.71. The summed E-state index contributed by atoms with van der Waals surface area (Å²) in [5, 5.41) is 0. The van der Waals surface area contributed by atoms with Crippen molar-refractivity contribution in [3.63, 3.8) is 0 Å². The van der Waals surface area contributed by atoms with Gasteiger partial charge in [-0.15, -0.1) is 0 Å². The van der Waals surface area contributed by atoms with Crippen molar-refractivity contribution in [2.75, 3.05) is 25.9 Å². The van der Waals surface area contributed by atoms with Gasteiger partial charge in [-0.1, -0.05) is 0 Å². The van der Waals surface area contributed by atoms with Gasteiger partial charge >= 0.3 is 6.18 Å². The fraction of sp³-hybridized carbons (Fsp3) is 0.273. The fourth-order valence-corrected chi connectivity index (χ4v) is 4.09. The van der Waals surface area contributed by atoms with Gasteiger partial charge in [-0.3, -0.25) is 9.55 Å². The minimum absolute atomic E-state index is 0.0771. The van der Waals surface area contributed by atoms with Crippen molar-refractivity contribution in [2.24, 2.45) is 0 Å². The molecule has 5 heterocycles. The van der Waals surface area contributed by atoms with Crippen LogP contribution < -0.4 is 5.73 Å². The molecule has 1 aliphatic heterocycles. The number of aromatic nitrogens is 5. The van der Waals surface area contributed by atoms with E-state index in [0.29, 0.717) is 28.5 Å². The lowest BCUT2D eigenvalue weighted by atomic mass is 10.0. The lowest BCUT2D eigenvalue weighted by molar-refractivity contribution is -0.141. The highest BCUT2D eigenvalue weighted by Crippen LogP contribution is 2.34. The molecular formula is C22H20F3N7. The SMILES string of the molecule is CN1CC[C@@H](c2ccc(-n3c(-c4cccnc4N)nc4ccc(C(F)(F)F)nc43)cn2)C1. The Morgan fingerprint density at radius 2 is 1.91 bits per heavy atom. The van der Waals surface area contributed by atoms with Crippen LogP contribution in [0.2, 0.25) is 0 Å². The van der Waals surface area contributed by atoms with Crippen LogP contribution in [-0.4, -0.2) is 49.5 Å². The van der Waals surface area contributed by atoms with E-state index in [1.54, 1.807) is 29.1 Å². The van der Waals surface area contributed by atoms with Crippen LogP contribution in [0.3, 0.4) is 0 Å². The number of likely N-dealkylation sites (tertiary alicyclic amines) is 1. The first-order valence-electron chi connectivity index (χ1n) is 10.1. The Balaban J connectivity index is 1.69. The van der Waals surface area contributed by atoms with Gasteiger partial charge in [0.25, 0.3) is 0 Å². The molecule has 4 aromatic rings. The highest BCUT2D eigenvalue weighted by Gasteiger charge is 2.33. The number of halogens is 3. The van der Waals surface area contributed by atoms with Crippen molar-refractivity contribution >= 4 is 17.0 Å². The molecule has 0 unspecified atom stereocenters. The van der Waals surface area contributed by atoms with E-state index >= 15 is 0 Å². The molecule has 0 saturated carbocycles. The molecule has 5 rings (SSSR count). The van der Waals surface area contributed by atoms with Crippen LogP contribution in [0.5, 0.6) is 0 Å². The molecule has 1 saturated heterocycles.